The topological polar surface area (TPSA) is 39.5 Å². The van der Waals surface area contributed by atoms with E-state index in [1.165, 1.54) is 18.4 Å². The van der Waals surface area contributed by atoms with Crippen molar-refractivity contribution in [1.29, 1.82) is 0 Å². The van der Waals surface area contributed by atoms with Gasteiger partial charge in [-0.1, -0.05) is 6.07 Å². The molecular weight excluding hydrogens is 278 g/mol. The molecule has 2 aliphatic heterocycles. The Morgan fingerprint density at radius 3 is 2.91 bits per heavy atom. The van der Waals surface area contributed by atoms with Gasteiger partial charge in [0, 0.05) is 25.5 Å². The summed E-state index contributed by atoms with van der Waals surface area (Å²) in [6.07, 6.45) is 6.28. The summed E-state index contributed by atoms with van der Waals surface area (Å²) < 4.78 is 13.4. The Morgan fingerprint density at radius 2 is 2.09 bits per heavy atom. The average molecular weight is 299 g/mol. The Bertz CT molecular complexity index is 668. The van der Waals surface area contributed by atoms with Gasteiger partial charge in [-0.15, -0.1) is 0 Å². The predicted molar refractivity (Wildman–Crippen MR) is 83.0 cm³/mol. The van der Waals surface area contributed by atoms with Gasteiger partial charge in [0.25, 0.3) is 0 Å². The van der Waals surface area contributed by atoms with E-state index in [2.05, 4.69) is 33.6 Å². The molecule has 0 aliphatic carbocycles. The molecule has 0 spiro atoms. The van der Waals surface area contributed by atoms with Crippen LogP contribution in [0.15, 0.2) is 30.6 Å². The van der Waals surface area contributed by atoms with Gasteiger partial charge in [-0.05, 0) is 37.1 Å². The molecule has 22 heavy (non-hydrogen) atoms. The van der Waals surface area contributed by atoms with Crippen LogP contribution in [0, 0.1) is 0 Å². The van der Waals surface area contributed by atoms with Crippen molar-refractivity contribution in [3.63, 3.8) is 0 Å². The third-order valence-electron chi connectivity index (χ3n) is 4.58. The minimum absolute atomic E-state index is 0.438. The number of rotatable bonds is 3. The first kappa shape index (κ1) is 13.6. The maximum Gasteiger partial charge on any atom is 0.161 e. The number of aromatic nitrogens is 2. The van der Waals surface area contributed by atoms with Crippen molar-refractivity contribution in [3.05, 3.63) is 42.0 Å². The van der Waals surface area contributed by atoms with Gasteiger partial charge in [0.2, 0.25) is 0 Å². The van der Waals surface area contributed by atoms with Crippen molar-refractivity contribution in [2.45, 2.75) is 25.4 Å². The number of likely N-dealkylation sites (tertiary alicyclic amines) is 1. The van der Waals surface area contributed by atoms with Gasteiger partial charge in [-0.3, -0.25) is 4.90 Å². The maximum absolute atomic E-state index is 5.72. The highest BCUT2D eigenvalue weighted by Crippen LogP contribution is 2.38. The molecule has 1 atom stereocenters. The van der Waals surface area contributed by atoms with Crippen LogP contribution in [0.2, 0.25) is 0 Å². The maximum atomic E-state index is 5.72. The smallest absolute Gasteiger partial charge is 0.161 e. The number of aryl methyl sites for hydroxylation is 1. The number of benzene rings is 1. The van der Waals surface area contributed by atoms with E-state index in [9.17, 15) is 0 Å². The number of ether oxygens (including phenoxy) is 2. The standard InChI is InChI=1S/C17H21N3O2/c1-19-8-6-18-17(19)12-20-7-2-3-14(20)13-4-5-15-16(11-13)22-10-9-21-15/h4-6,8,11,14H,2-3,7,9-10,12H2,1H3/t14-/m0/s1. The van der Waals surface area contributed by atoms with Gasteiger partial charge in [-0.25, -0.2) is 4.98 Å². The summed E-state index contributed by atoms with van der Waals surface area (Å²) in [7, 11) is 2.05. The van der Waals surface area contributed by atoms with E-state index in [4.69, 9.17) is 9.47 Å². The zero-order chi connectivity index (χ0) is 14.9. The highest BCUT2D eigenvalue weighted by atomic mass is 16.6. The highest BCUT2D eigenvalue weighted by Gasteiger charge is 2.28. The van der Waals surface area contributed by atoms with Crippen LogP contribution >= 0.6 is 0 Å². The quantitative estimate of drug-likeness (QED) is 0.873. The zero-order valence-electron chi connectivity index (χ0n) is 12.9. The predicted octanol–water partition coefficient (Wildman–Crippen LogP) is 2.53. The summed E-state index contributed by atoms with van der Waals surface area (Å²) >= 11 is 0. The number of fused-ring (bicyclic) bond motifs is 1. The molecule has 0 amide bonds. The normalized spacial score (nSPS) is 21.2. The van der Waals surface area contributed by atoms with Gasteiger partial charge in [0.1, 0.15) is 19.0 Å². The summed E-state index contributed by atoms with van der Waals surface area (Å²) in [5, 5.41) is 0. The fraction of sp³-hybridized carbons (Fsp3) is 0.471. The van der Waals surface area contributed by atoms with Crippen molar-refractivity contribution in [2.24, 2.45) is 7.05 Å². The second kappa shape index (κ2) is 5.65. The Balaban J connectivity index is 1.57. The first-order valence-corrected chi connectivity index (χ1v) is 7.91. The number of nitrogens with zero attached hydrogens (tertiary/aromatic N) is 3. The van der Waals surface area contributed by atoms with Crippen molar-refractivity contribution in [2.75, 3.05) is 19.8 Å². The molecule has 0 bridgehead atoms. The number of hydrogen-bond donors (Lipinski definition) is 0. The van der Waals surface area contributed by atoms with Gasteiger partial charge < -0.3 is 14.0 Å². The van der Waals surface area contributed by atoms with Crippen LogP contribution in [0.5, 0.6) is 11.5 Å². The Hall–Kier alpha value is -2.01. The fourth-order valence-electron chi connectivity index (χ4n) is 3.39. The van der Waals surface area contributed by atoms with Crippen molar-refractivity contribution >= 4 is 0 Å². The van der Waals surface area contributed by atoms with Crippen LogP contribution in [0.1, 0.15) is 30.3 Å². The first-order valence-electron chi connectivity index (χ1n) is 7.91. The largest absolute Gasteiger partial charge is 0.486 e. The lowest BCUT2D eigenvalue weighted by molar-refractivity contribution is 0.170. The van der Waals surface area contributed by atoms with E-state index in [0.29, 0.717) is 19.3 Å². The van der Waals surface area contributed by atoms with E-state index < -0.39 is 0 Å². The van der Waals surface area contributed by atoms with Crippen LogP contribution in [0.4, 0.5) is 0 Å². The minimum Gasteiger partial charge on any atom is -0.486 e. The van der Waals surface area contributed by atoms with Crippen LogP contribution in [-0.4, -0.2) is 34.2 Å². The van der Waals surface area contributed by atoms with E-state index in [0.717, 1.165) is 30.4 Å². The molecule has 0 unspecified atom stereocenters. The van der Waals surface area contributed by atoms with E-state index in [1.807, 2.05) is 18.5 Å². The lowest BCUT2D eigenvalue weighted by Crippen LogP contribution is -2.24. The fourth-order valence-corrected chi connectivity index (χ4v) is 3.39. The van der Waals surface area contributed by atoms with Gasteiger partial charge >= 0.3 is 0 Å². The SMILES string of the molecule is Cn1ccnc1CN1CCC[C@H]1c1ccc2c(c1)OCCO2. The minimum atomic E-state index is 0.438. The molecule has 3 heterocycles. The van der Waals surface area contributed by atoms with E-state index >= 15 is 0 Å². The summed E-state index contributed by atoms with van der Waals surface area (Å²) in [4.78, 5) is 6.96. The lowest BCUT2D eigenvalue weighted by atomic mass is 10.0. The molecule has 0 N–H and O–H groups in total. The summed E-state index contributed by atoms with van der Waals surface area (Å²) in [5.41, 5.74) is 1.32. The van der Waals surface area contributed by atoms with E-state index in [1.54, 1.807) is 0 Å². The second-order valence-electron chi connectivity index (χ2n) is 5.99. The molecule has 0 radical (unpaired) electrons. The average Bonchev–Trinajstić information content (AvgIpc) is 3.17. The van der Waals surface area contributed by atoms with Crippen molar-refractivity contribution in [1.82, 2.24) is 14.5 Å². The Morgan fingerprint density at radius 1 is 1.23 bits per heavy atom. The third kappa shape index (κ3) is 2.46. The van der Waals surface area contributed by atoms with Crippen LogP contribution in [0.25, 0.3) is 0 Å². The van der Waals surface area contributed by atoms with Crippen molar-refractivity contribution in [3.8, 4) is 11.5 Å². The first-order chi connectivity index (χ1) is 10.8. The Labute approximate surface area is 130 Å². The van der Waals surface area contributed by atoms with Crippen LogP contribution in [0.3, 0.4) is 0 Å². The van der Waals surface area contributed by atoms with Crippen LogP contribution in [-0.2, 0) is 13.6 Å². The Kier molecular flexibility index (Phi) is 3.50. The third-order valence-corrected chi connectivity index (χ3v) is 4.58. The zero-order valence-corrected chi connectivity index (χ0v) is 12.9. The molecule has 1 saturated heterocycles. The molecule has 1 fully saturated rings. The van der Waals surface area contributed by atoms with Gasteiger partial charge in [0.05, 0.1) is 6.54 Å². The molecule has 2 aromatic rings. The molecule has 5 heteroatoms. The molecule has 0 saturated carbocycles. The molecule has 1 aromatic carbocycles. The van der Waals surface area contributed by atoms with Gasteiger partial charge in [0.15, 0.2) is 11.5 Å². The molecular formula is C17H21N3O2. The molecule has 5 nitrogen and oxygen atoms in total. The van der Waals surface area contributed by atoms with Crippen molar-refractivity contribution < 1.29 is 9.47 Å². The van der Waals surface area contributed by atoms with Crippen LogP contribution < -0.4 is 9.47 Å². The molecule has 4 rings (SSSR count). The lowest BCUT2D eigenvalue weighted by Gasteiger charge is -2.26. The summed E-state index contributed by atoms with van der Waals surface area (Å²) in [5.74, 6) is 2.86. The number of imidazole rings is 1. The summed E-state index contributed by atoms with van der Waals surface area (Å²) in [6, 6.07) is 6.80. The highest BCUT2D eigenvalue weighted by molar-refractivity contribution is 5.44. The number of hydrogen-bond acceptors (Lipinski definition) is 4. The van der Waals surface area contributed by atoms with E-state index in [-0.39, 0.29) is 0 Å². The monoisotopic (exact) mass is 299 g/mol. The second-order valence-corrected chi connectivity index (χ2v) is 5.99. The van der Waals surface area contributed by atoms with Gasteiger partial charge in [-0.2, -0.15) is 0 Å². The summed E-state index contributed by atoms with van der Waals surface area (Å²) in [6.45, 7) is 3.29. The molecule has 116 valence electrons. The molecule has 1 aromatic heterocycles. The molecule has 2 aliphatic rings.